The molecular formula is C17H18N2O4. The predicted molar refractivity (Wildman–Crippen MR) is 84.6 cm³/mol. The summed E-state index contributed by atoms with van der Waals surface area (Å²) in [7, 11) is 0. The van der Waals surface area contributed by atoms with Crippen LogP contribution in [0, 0.1) is 13.8 Å². The lowest BCUT2D eigenvalue weighted by molar-refractivity contribution is 0.259. The number of hydrogen-bond donors (Lipinski definition) is 0. The van der Waals surface area contributed by atoms with Gasteiger partial charge in [0.25, 0.3) is 5.89 Å². The predicted octanol–water partition coefficient (Wildman–Crippen LogP) is 3.32. The molecule has 120 valence electrons. The second kappa shape index (κ2) is 6.24. The molecule has 0 saturated heterocycles. The van der Waals surface area contributed by atoms with E-state index >= 15 is 0 Å². The average Bonchev–Trinajstić information content (AvgIpc) is 2.93. The van der Waals surface area contributed by atoms with Gasteiger partial charge in [0, 0.05) is 23.9 Å². The maximum absolute atomic E-state index is 11.8. The first-order chi connectivity index (χ1) is 11.1. The molecule has 0 aliphatic rings. The molecule has 0 amide bonds. The molecule has 0 saturated carbocycles. The van der Waals surface area contributed by atoms with Gasteiger partial charge in [0.15, 0.2) is 6.61 Å². The second-order valence-corrected chi connectivity index (χ2v) is 5.41. The molecule has 3 aromatic rings. The van der Waals surface area contributed by atoms with Crippen molar-refractivity contribution >= 4 is 11.0 Å². The molecule has 0 radical (unpaired) electrons. The minimum Gasteiger partial charge on any atom is -0.483 e. The number of hydrogen-bond acceptors (Lipinski definition) is 6. The zero-order chi connectivity index (χ0) is 16.4. The van der Waals surface area contributed by atoms with Gasteiger partial charge in [0.2, 0.25) is 5.89 Å². The lowest BCUT2D eigenvalue weighted by Gasteiger charge is -2.11. The van der Waals surface area contributed by atoms with Crippen molar-refractivity contribution in [3.8, 4) is 5.75 Å². The molecule has 0 fully saturated rings. The Bertz CT molecular complexity index is 895. The molecule has 0 spiro atoms. The first-order valence-electron chi connectivity index (χ1n) is 7.56. The summed E-state index contributed by atoms with van der Waals surface area (Å²) >= 11 is 0. The molecule has 6 nitrogen and oxygen atoms in total. The van der Waals surface area contributed by atoms with Gasteiger partial charge in [0.1, 0.15) is 11.3 Å². The van der Waals surface area contributed by atoms with Crippen LogP contribution in [-0.2, 0) is 13.0 Å². The third kappa shape index (κ3) is 3.11. The van der Waals surface area contributed by atoms with Gasteiger partial charge >= 0.3 is 5.63 Å². The fourth-order valence-corrected chi connectivity index (χ4v) is 2.58. The smallest absolute Gasteiger partial charge is 0.336 e. The van der Waals surface area contributed by atoms with Gasteiger partial charge in [-0.2, -0.15) is 0 Å². The average molecular weight is 314 g/mol. The Morgan fingerprint density at radius 3 is 2.70 bits per heavy atom. The van der Waals surface area contributed by atoms with Crippen LogP contribution in [-0.4, -0.2) is 10.2 Å². The molecular weight excluding hydrogens is 296 g/mol. The first-order valence-corrected chi connectivity index (χ1v) is 7.56. The van der Waals surface area contributed by atoms with Gasteiger partial charge in [-0.25, -0.2) is 4.79 Å². The van der Waals surface area contributed by atoms with E-state index in [1.54, 1.807) is 13.0 Å². The number of ether oxygens (including phenoxy) is 1. The number of aryl methyl sites for hydroxylation is 3. The van der Waals surface area contributed by atoms with Crippen LogP contribution >= 0.6 is 0 Å². The van der Waals surface area contributed by atoms with Crippen LogP contribution in [0.15, 0.2) is 31.8 Å². The highest BCUT2D eigenvalue weighted by atomic mass is 16.5. The van der Waals surface area contributed by atoms with E-state index in [4.69, 9.17) is 13.6 Å². The summed E-state index contributed by atoms with van der Waals surface area (Å²) in [6.07, 6.45) is 1.80. The highest BCUT2D eigenvalue weighted by Crippen LogP contribution is 2.29. The summed E-state index contributed by atoms with van der Waals surface area (Å²) in [5.74, 6) is 1.53. The molecule has 0 N–H and O–H groups in total. The Hall–Kier alpha value is -2.63. The molecule has 2 heterocycles. The Labute approximate surface area is 133 Å². The van der Waals surface area contributed by atoms with E-state index in [1.807, 2.05) is 19.1 Å². The molecule has 0 unspecified atom stereocenters. The van der Waals surface area contributed by atoms with Gasteiger partial charge in [-0.1, -0.05) is 13.3 Å². The van der Waals surface area contributed by atoms with Crippen molar-refractivity contribution in [3.05, 3.63) is 51.5 Å². The van der Waals surface area contributed by atoms with Crippen LogP contribution in [0.3, 0.4) is 0 Å². The Kier molecular flexibility index (Phi) is 4.14. The normalized spacial score (nSPS) is 11.1. The van der Waals surface area contributed by atoms with Gasteiger partial charge in [-0.05, 0) is 31.0 Å². The molecule has 0 aliphatic carbocycles. The third-order valence-electron chi connectivity index (χ3n) is 3.64. The SMILES string of the molecule is CCCc1cc(=O)oc2c(C)c(OCc3nnc(C)o3)ccc12. The Balaban J connectivity index is 1.96. The maximum Gasteiger partial charge on any atom is 0.336 e. The lowest BCUT2D eigenvalue weighted by atomic mass is 10.0. The summed E-state index contributed by atoms with van der Waals surface area (Å²) < 4.78 is 16.4. The van der Waals surface area contributed by atoms with Gasteiger partial charge in [0.05, 0.1) is 0 Å². The third-order valence-corrected chi connectivity index (χ3v) is 3.64. The number of rotatable bonds is 5. The fourth-order valence-electron chi connectivity index (χ4n) is 2.58. The van der Waals surface area contributed by atoms with Crippen LogP contribution in [0.4, 0.5) is 0 Å². The van der Waals surface area contributed by atoms with Crippen LogP contribution in [0.2, 0.25) is 0 Å². The largest absolute Gasteiger partial charge is 0.483 e. The topological polar surface area (TPSA) is 78.4 Å². The zero-order valence-corrected chi connectivity index (χ0v) is 13.4. The molecule has 3 rings (SSSR count). The molecule has 6 heteroatoms. The van der Waals surface area contributed by atoms with Crippen LogP contribution in [0.25, 0.3) is 11.0 Å². The maximum atomic E-state index is 11.8. The Morgan fingerprint density at radius 1 is 1.17 bits per heavy atom. The number of aromatic nitrogens is 2. The summed E-state index contributed by atoms with van der Waals surface area (Å²) in [6.45, 7) is 5.85. The van der Waals surface area contributed by atoms with E-state index < -0.39 is 0 Å². The van der Waals surface area contributed by atoms with Crippen LogP contribution in [0.5, 0.6) is 5.75 Å². The first kappa shape index (κ1) is 15.3. The van der Waals surface area contributed by atoms with E-state index in [1.165, 1.54) is 0 Å². The number of fused-ring (bicyclic) bond motifs is 1. The minimum absolute atomic E-state index is 0.173. The molecule has 0 bridgehead atoms. The van der Waals surface area contributed by atoms with Gasteiger partial charge in [-0.15, -0.1) is 10.2 Å². The zero-order valence-electron chi connectivity index (χ0n) is 13.4. The lowest BCUT2D eigenvalue weighted by Crippen LogP contribution is -2.03. The van der Waals surface area contributed by atoms with E-state index in [9.17, 15) is 4.79 Å². The van der Waals surface area contributed by atoms with Gasteiger partial charge in [-0.3, -0.25) is 0 Å². The highest BCUT2D eigenvalue weighted by molar-refractivity contribution is 5.84. The van der Waals surface area contributed by atoms with Gasteiger partial charge < -0.3 is 13.6 Å². The van der Waals surface area contributed by atoms with Crippen molar-refractivity contribution in [2.24, 2.45) is 0 Å². The summed E-state index contributed by atoms with van der Waals surface area (Å²) in [6, 6.07) is 5.36. The second-order valence-electron chi connectivity index (χ2n) is 5.41. The van der Waals surface area contributed by atoms with Crippen LogP contribution < -0.4 is 10.4 Å². The molecule has 0 aliphatic heterocycles. The molecule has 23 heavy (non-hydrogen) atoms. The highest BCUT2D eigenvalue weighted by Gasteiger charge is 2.12. The number of benzene rings is 1. The quantitative estimate of drug-likeness (QED) is 0.672. The van der Waals surface area contributed by atoms with Crippen molar-refractivity contribution in [2.75, 3.05) is 0 Å². The summed E-state index contributed by atoms with van der Waals surface area (Å²) in [5, 5.41) is 8.60. The van der Waals surface area contributed by atoms with Crippen molar-refractivity contribution in [3.63, 3.8) is 0 Å². The fraction of sp³-hybridized carbons (Fsp3) is 0.353. The summed E-state index contributed by atoms with van der Waals surface area (Å²) in [5.41, 5.74) is 2.02. The minimum atomic E-state index is -0.339. The van der Waals surface area contributed by atoms with E-state index in [2.05, 4.69) is 17.1 Å². The van der Waals surface area contributed by atoms with E-state index in [0.29, 0.717) is 23.1 Å². The van der Waals surface area contributed by atoms with E-state index in [0.717, 1.165) is 29.4 Å². The Morgan fingerprint density at radius 2 is 2.00 bits per heavy atom. The van der Waals surface area contributed by atoms with Crippen molar-refractivity contribution in [1.29, 1.82) is 0 Å². The van der Waals surface area contributed by atoms with E-state index in [-0.39, 0.29) is 12.2 Å². The van der Waals surface area contributed by atoms with Crippen molar-refractivity contribution in [1.82, 2.24) is 10.2 Å². The molecule has 2 aromatic heterocycles. The number of nitrogens with zero attached hydrogens (tertiary/aromatic N) is 2. The standard InChI is InChI=1S/C17H18N2O4/c1-4-5-12-8-16(20)23-17-10(2)14(7-6-13(12)17)21-9-15-19-18-11(3)22-15/h6-8H,4-5,9H2,1-3H3. The van der Waals surface area contributed by atoms with Crippen LogP contribution in [0.1, 0.15) is 36.3 Å². The molecule has 1 aromatic carbocycles. The monoisotopic (exact) mass is 314 g/mol. The van der Waals surface area contributed by atoms with Crippen molar-refractivity contribution in [2.45, 2.75) is 40.2 Å². The molecule has 0 atom stereocenters. The van der Waals surface area contributed by atoms with Crippen molar-refractivity contribution < 1.29 is 13.6 Å². The summed E-state index contributed by atoms with van der Waals surface area (Å²) in [4.78, 5) is 11.8.